The van der Waals surface area contributed by atoms with Crippen molar-refractivity contribution >= 4 is 23.9 Å². The van der Waals surface area contributed by atoms with E-state index in [0.717, 1.165) is 15.6 Å². The molecule has 0 fully saturated rings. The Morgan fingerprint density at radius 3 is 0.833 bits per heavy atom. The van der Waals surface area contributed by atoms with Crippen LogP contribution in [0.4, 0.5) is 0 Å². The molecule has 0 spiro atoms. The number of aliphatic hydroxyl groups excluding tert-OH is 3. The summed E-state index contributed by atoms with van der Waals surface area (Å²) in [5.41, 5.74) is 0. The summed E-state index contributed by atoms with van der Waals surface area (Å²) in [7, 11) is -2.88. The van der Waals surface area contributed by atoms with Gasteiger partial charge in [-0.1, -0.05) is 91.0 Å². The zero-order valence-corrected chi connectivity index (χ0v) is 21.5. The second kappa shape index (κ2) is 19.6. The van der Waals surface area contributed by atoms with Crippen molar-refractivity contribution in [1.29, 1.82) is 0 Å². The Bertz CT molecular complexity index is 627. The standard InChI is InChI=1S/C18H16OSi.3C2H6O.Zr/c19-20(16-10-4-1-5-11-16,17-12-6-2-7-13-17)18-14-8-3-9-15-18;3*1-2-3;/h1-15,19H;3*3H,2H2,1H3;. The normalized spacial score (nSPS) is 9.30. The van der Waals surface area contributed by atoms with Gasteiger partial charge in [-0.15, -0.1) is 0 Å². The molecule has 0 radical (unpaired) electrons. The van der Waals surface area contributed by atoms with Crippen LogP contribution in [-0.4, -0.2) is 48.3 Å². The summed E-state index contributed by atoms with van der Waals surface area (Å²) in [5.74, 6) is 0. The molecule has 3 aromatic carbocycles. The van der Waals surface area contributed by atoms with Gasteiger partial charge in [0.25, 0.3) is 8.32 Å². The minimum Gasteiger partial charge on any atom is -0.421 e. The summed E-state index contributed by atoms with van der Waals surface area (Å²) >= 11 is 0. The first-order chi connectivity index (χ1) is 14.1. The molecule has 0 aliphatic carbocycles. The Labute approximate surface area is 201 Å². The van der Waals surface area contributed by atoms with Gasteiger partial charge < -0.3 is 20.1 Å². The van der Waals surface area contributed by atoms with Gasteiger partial charge in [0.2, 0.25) is 0 Å². The Balaban J connectivity index is 0. The Morgan fingerprint density at radius 1 is 0.500 bits per heavy atom. The van der Waals surface area contributed by atoms with Crippen LogP contribution in [0.25, 0.3) is 0 Å². The largest absolute Gasteiger partial charge is 0.421 e. The Kier molecular flexibility index (Phi) is 20.1. The van der Waals surface area contributed by atoms with E-state index in [2.05, 4.69) is 0 Å². The van der Waals surface area contributed by atoms with Crippen molar-refractivity contribution in [3.8, 4) is 0 Å². The fourth-order valence-corrected chi connectivity index (χ4v) is 5.56. The predicted octanol–water partition coefficient (Wildman–Crippen LogP) is 1.64. The zero-order chi connectivity index (χ0) is 22.0. The summed E-state index contributed by atoms with van der Waals surface area (Å²) in [6.07, 6.45) is 0. The first-order valence-electron chi connectivity index (χ1n) is 9.78. The maximum absolute atomic E-state index is 11.6. The quantitative estimate of drug-likeness (QED) is 0.322. The number of aliphatic hydroxyl groups is 3. The van der Waals surface area contributed by atoms with Gasteiger partial charge in [-0.3, -0.25) is 0 Å². The van der Waals surface area contributed by atoms with E-state index in [1.807, 2.05) is 91.0 Å². The fourth-order valence-electron chi connectivity index (χ4n) is 2.54. The molecule has 30 heavy (non-hydrogen) atoms. The molecule has 4 nitrogen and oxygen atoms in total. The topological polar surface area (TPSA) is 80.9 Å². The maximum atomic E-state index is 11.6. The summed E-state index contributed by atoms with van der Waals surface area (Å²) in [5, 5.41) is 25.7. The number of rotatable bonds is 3. The van der Waals surface area contributed by atoms with Gasteiger partial charge in [0.05, 0.1) is 0 Å². The third-order valence-electron chi connectivity index (χ3n) is 3.57. The zero-order valence-electron chi connectivity index (χ0n) is 18.1. The minimum absolute atomic E-state index is 0. The van der Waals surface area contributed by atoms with Crippen LogP contribution in [0.2, 0.25) is 0 Å². The van der Waals surface area contributed by atoms with Gasteiger partial charge in [-0.25, -0.2) is 0 Å². The molecule has 0 saturated carbocycles. The molecule has 0 saturated heterocycles. The predicted molar refractivity (Wildman–Crippen MR) is 124 cm³/mol. The maximum Gasteiger partial charge on any atom is 0.285 e. The smallest absolute Gasteiger partial charge is 0.285 e. The Morgan fingerprint density at radius 2 is 0.667 bits per heavy atom. The molecule has 3 aromatic rings. The van der Waals surface area contributed by atoms with Crippen LogP contribution in [0.3, 0.4) is 0 Å². The van der Waals surface area contributed by atoms with Crippen molar-refractivity contribution < 1.29 is 46.3 Å². The first kappa shape index (κ1) is 30.8. The summed E-state index contributed by atoms with van der Waals surface area (Å²) in [4.78, 5) is 11.6. The second-order valence-electron chi connectivity index (χ2n) is 5.76. The molecule has 0 aliphatic heterocycles. The van der Waals surface area contributed by atoms with Crippen LogP contribution in [0.1, 0.15) is 20.8 Å². The molecule has 162 valence electrons. The van der Waals surface area contributed by atoms with E-state index in [9.17, 15) is 4.80 Å². The van der Waals surface area contributed by atoms with E-state index in [4.69, 9.17) is 15.3 Å². The van der Waals surface area contributed by atoms with Crippen molar-refractivity contribution in [2.24, 2.45) is 0 Å². The van der Waals surface area contributed by atoms with E-state index in [1.165, 1.54) is 0 Å². The van der Waals surface area contributed by atoms with Crippen LogP contribution < -0.4 is 15.6 Å². The van der Waals surface area contributed by atoms with Crippen LogP contribution >= 0.6 is 0 Å². The van der Waals surface area contributed by atoms with E-state index in [-0.39, 0.29) is 46.0 Å². The molecule has 0 bridgehead atoms. The molecule has 3 rings (SSSR count). The van der Waals surface area contributed by atoms with Crippen molar-refractivity contribution in [1.82, 2.24) is 0 Å². The van der Waals surface area contributed by atoms with Crippen molar-refractivity contribution in [3.63, 3.8) is 0 Å². The van der Waals surface area contributed by atoms with Crippen LogP contribution in [0, 0.1) is 0 Å². The van der Waals surface area contributed by atoms with Gasteiger partial charge in [-0.2, -0.15) is 0 Å². The van der Waals surface area contributed by atoms with Crippen LogP contribution in [0.15, 0.2) is 91.0 Å². The molecule has 0 amide bonds. The van der Waals surface area contributed by atoms with E-state index < -0.39 is 8.32 Å². The third kappa shape index (κ3) is 10.6. The first-order valence-corrected chi connectivity index (χ1v) is 11.7. The summed E-state index contributed by atoms with van der Waals surface area (Å²) < 4.78 is 0. The van der Waals surface area contributed by atoms with E-state index in [0.29, 0.717) is 0 Å². The molecule has 0 heterocycles. The second-order valence-corrected chi connectivity index (χ2v) is 8.91. The van der Waals surface area contributed by atoms with Gasteiger partial charge in [0.15, 0.2) is 0 Å². The van der Waals surface area contributed by atoms with Crippen LogP contribution in [0.5, 0.6) is 0 Å². The fraction of sp³-hybridized carbons (Fsp3) is 0.250. The van der Waals surface area contributed by atoms with Crippen LogP contribution in [-0.2, 0) is 26.2 Å². The van der Waals surface area contributed by atoms with E-state index >= 15 is 0 Å². The summed E-state index contributed by atoms with van der Waals surface area (Å²) in [6.45, 7) is 5.79. The van der Waals surface area contributed by atoms with Crippen molar-refractivity contribution in [3.05, 3.63) is 91.0 Å². The molecule has 4 N–H and O–H groups in total. The molecule has 6 heteroatoms. The van der Waals surface area contributed by atoms with Crippen molar-refractivity contribution in [2.75, 3.05) is 19.8 Å². The van der Waals surface area contributed by atoms with Gasteiger partial charge in [0.1, 0.15) is 0 Å². The third-order valence-corrected chi connectivity index (χ3v) is 7.08. The van der Waals surface area contributed by atoms with Gasteiger partial charge >= 0.3 is 0 Å². The SMILES string of the molecule is CCO.CCO.CCO.O[Si](c1ccccc1)(c1ccccc1)c1ccccc1.[Zr]. The average Bonchev–Trinajstić information content (AvgIpc) is 2.77. The average molecular weight is 506 g/mol. The van der Waals surface area contributed by atoms with E-state index in [1.54, 1.807) is 20.8 Å². The monoisotopic (exact) mass is 504 g/mol. The van der Waals surface area contributed by atoms with Crippen molar-refractivity contribution in [2.45, 2.75) is 20.8 Å². The number of benzene rings is 3. The molecule has 0 atom stereocenters. The molecule has 0 aliphatic rings. The number of hydrogen-bond donors (Lipinski definition) is 4. The Hall–Kier alpha value is -1.40. The summed E-state index contributed by atoms with van der Waals surface area (Å²) in [6, 6.07) is 30.0. The minimum atomic E-state index is -2.88. The van der Waals surface area contributed by atoms with Gasteiger partial charge in [0, 0.05) is 46.0 Å². The molecular weight excluding hydrogens is 472 g/mol. The molecule has 0 unspecified atom stereocenters. The van der Waals surface area contributed by atoms with Gasteiger partial charge in [-0.05, 0) is 36.3 Å². The molecular formula is C24H34O4SiZr. The molecule has 0 aromatic heterocycles. The number of hydrogen-bond acceptors (Lipinski definition) is 4.